The molecule has 4 heteroatoms. The van der Waals surface area contributed by atoms with Gasteiger partial charge in [-0.3, -0.25) is 4.79 Å². The highest BCUT2D eigenvalue weighted by Gasteiger charge is 2.34. The largest absolute Gasteiger partial charge is 0.492 e. The van der Waals surface area contributed by atoms with Gasteiger partial charge in [0, 0.05) is 18.7 Å². The molecule has 1 aromatic carbocycles. The first-order valence-electron chi connectivity index (χ1n) is 7.00. The van der Waals surface area contributed by atoms with Gasteiger partial charge in [-0.1, -0.05) is 18.2 Å². The maximum absolute atomic E-state index is 12.6. The van der Waals surface area contributed by atoms with E-state index in [1.807, 2.05) is 29.2 Å². The van der Waals surface area contributed by atoms with Gasteiger partial charge in [-0.05, 0) is 31.4 Å². The van der Waals surface area contributed by atoms with E-state index < -0.39 is 0 Å². The van der Waals surface area contributed by atoms with Crippen molar-refractivity contribution < 1.29 is 9.53 Å². The standard InChI is InChI=1S/C15H20N2O2/c16-8-11-4-3-7-17(9-11)15(18)13-10-19-14-6-2-1-5-12(13)14/h1-2,5-6,11,13H,3-4,7-10,16H2. The van der Waals surface area contributed by atoms with Gasteiger partial charge in [0.05, 0.1) is 0 Å². The maximum Gasteiger partial charge on any atom is 0.233 e. The van der Waals surface area contributed by atoms with Crippen molar-refractivity contribution in [3.8, 4) is 5.75 Å². The fourth-order valence-electron chi connectivity index (χ4n) is 3.05. The molecule has 0 radical (unpaired) electrons. The number of hydrogen-bond donors (Lipinski definition) is 1. The normalized spacial score (nSPS) is 25.8. The number of benzene rings is 1. The molecule has 0 saturated carbocycles. The average molecular weight is 260 g/mol. The lowest BCUT2D eigenvalue weighted by atomic mass is 9.94. The van der Waals surface area contributed by atoms with Crippen molar-refractivity contribution in [2.45, 2.75) is 18.8 Å². The lowest BCUT2D eigenvalue weighted by Gasteiger charge is -2.33. The van der Waals surface area contributed by atoms with Gasteiger partial charge >= 0.3 is 0 Å². The number of piperidine rings is 1. The second-order valence-corrected chi connectivity index (χ2v) is 5.43. The lowest BCUT2D eigenvalue weighted by Crippen LogP contribution is -2.44. The molecule has 2 aliphatic heterocycles. The smallest absolute Gasteiger partial charge is 0.233 e. The molecule has 1 saturated heterocycles. The molecule has 2 aliphatic rings. The third-order valence-corrected chi connectivity index (χ3v) is 4.16. The van der Waals surface area contributed by atoms with Crippen molar-refractivity contribution >= 4 is 5.91 Å². The second kappa shape index (κ2) is 5.21. The molecule has 2 N–H and O–H groups in total. The Morgan fingerprint density at radius 2 is 2.26 bits per heavy atom. The number of amides is 1. The minimum Gasteiger partial charge on any atom is -0.492 e. The molecule has 2 unspecified atom stereocenters. The Morgan fingerprint density at radius 1 is 1.42 bits per heavy atom. The van der Waals surface area contributed by atoms with Gasteiger partial charge in [0.25, 0.3) is 0 Å². The molecule has 0 aromatic heterocycles. The fourth-order valence-corrected chi connectivity index (χ4v) is 3.05. The second-order valence-electron chi connectivity index (χ2n) is 5.43. The topological polar surface area (TPSA) is 55.6 Å². The zero-order valence-electron chi connectivity index (χ0n) is 11.0. The Balaban J connectivity index is 1.75. The summed E-state index contributed by atoms with van der Waals surface area (Å²) in [4.78, 5) is 14.6. The lowest BCUT2D eigenvalue weighted by molar-refractivity contribution is -0.134. The van der Waals surface area contributed by atoms with Gasteiger partial charge in [-0.2, -0.15) is 0 Å². The van der Waals surface area contributed by atoms with E-state index >= 15 is 0 Å². The van der Waals surface area contributed by atoms with Crippen LogP contribution in [0.15, 0.2) is 24.3 Å². The molecule has 19 heavy (non-hydrogen) atoms. The zero-order valence-corrected chi connectivity index (χ0v) is 11.0. The van der Waals surface area contributed by atoms with E-state index in [9.17, 15) is 4.79 Å². The summed E-state index contributed by atoms with van der Waals surface area (Å²) in [6.07, 6.45) is 2.20. The van der Waals surface area contributed by atoms with Crippen LogP contribution in [0.4, 0.5) is 0 Å². The van der Waals surface area contributed by atoms with Crippen molar-refractivity contribution in [3.05, 3.63) is 29.8 Å². The number of hydrogen-bond acceptors (Lipinski definition) is 3. The van der Waals surface area contributed by atoms with Gasteiger partial charge in [-0.15, -0.1) is 0 Å². The van der Waals surface area contributed by atoms with Crippen LogP contribution in [0.25, 0.3) is 0 Å². The van der Waals surface area contributed by atoms with Crippen molar-refractivity contribution in [2.24, 2.45) is 11.7 Å². The van der Waals surface area contributed by atoms with Crippen LogP contribution in [-0.4, -0.2) is 37.0 Å². The number of para-hydroxylation sites is 1. The molecule has 3 rings (SSSR count). The number of likely N-dealkylation sites (tertiary alicyclic amines) is 1. The van der Waals surface area contributed by atoms with E-state index in [4.69, 9.17) is 10.5 Å². The minimum absolute atomic E-state index is 0.132. The van der Waals surface area contributed by atoms with E-state index in [1.165, 1.54) is 0 Å². The number of nitrogens with two attached hydrogens (primary N) is 1. The molecule has 1 amide bonds. The van der Waals surface area contributed by atoms with Crippen LogP contribution < -0.4 is 10.5 Å². The summed E-state index contributed by atoms with van der Waals surface area (Å²) in [7, 11) is 0. The number of nitrogens with zero attached hydrogens (tertiary/aromatic N) is 1. The van der Waals surface area contributed by atoms with E-state index in [-0.39, 0.29) is 11.8 Å². The monoisotopic (exact) mass is 260 g/mol. The summed E-state index contributed by atoms with van der Waals surface area (Å²) in [6, 6.07) is 7.83. The summed E-state index contributed by atoms with van der Waals surface area (Å²) in [6.45, 7) is 2.80. The molecular weight excluding hydrogens is 240 g/mol. The van der Waals surface area contributed by atoms with Gasteiger partial charge in [0.15, 0.2) is 0 Å². The van der Waals surface area contributed by atoms with E-state index in [0.29, 0.717) is 19.1 Å². The third-order valence-electron chi connectivity index (χ3n) is 4.16. The Morgan fingerprint density at radius 3 is 3.11 bits per heavy atom. The zero-order chi connectivity index (χ0) is 13.2. The molecule has 2 heterocycles. The van der Waals surface area contributed by atoms with Crippen LogP contribution >= 0.6 is 0 Å². The molecule has 1 fully saturated rings. The average Bonchev–Trinajstić information content (AvgIpc) is 2.90. The SMILES string of the molecule is NCC1CCCN(C(=O)C2COc3ccccc32)C1. The van der Waals surface area contributed by atoms with Gasteiger partial charge < -0.3 is 15.4 Å². The molecule has 0 bridgehead atoms. The van der Waals surface area contributed by atoms with Crippen LogP contribution in [-0.2, 0) is 4.79 Å². The molecule has 4 nitrogen and oxygen atoms in total. The Kier molecular flexibility index (Phi) is 3.42. The minimum atomic E-state index is -0.132. The highest BCUT2D eigenvalue weighted by Crippen LogP contribution is 2.35. The van der Waals surface area contributed by atoms with Crippen LogP contribution in [0.5, 0.6) is 5.75 Å². The number of fused-ring (bicyclic) bond motifs is 1. The van der Waals surface area contributed by atoms with Crippen LogP contribution in [0.2, 0.25) is 0 Å². The summed E-state index contributed by atoms with van der Waals surface area (Å²) < 4.78 is 5.60. The summed E-state index contributed by atoms with van der Waals surface area (Å²) >= 11 is 0. The molecule has 0 spiro atoms. The number of carbonyl (C=O) groups is 1. The third kappa shape index (κ3) is 2.32. The summed E-state index contributed by atoms with van der Waals surface area (Å²) in [5, 5.41) is 0. The number of rotatable bonds is 2. The van der Waals surface area contributed by atoms with Gasteiger partial charge in [0.1, 0.15) is 18.3 Å². The fraction of sp³-hybridized carbons (Fsp3) is 0.533. The molecule has 1 aromatic rings. The van der Waals surface area contributed by atoms with Crippen molar-refractivity contribution in [1.29, 1.82) is 0 Å². The number of carbonyl (C=O) groups excluding carboxylic acids is 1. The predicted molar refractivity (Wildman–Crippen MR) is 73.0 cm³/mol. The summed E-state index contributed by atoms with van der Waals surface area (Å²) in [5.41, 5.74) is 6.76. The Bertz CT molecular complexity index is 475. The van der Waals surface area contributed by atoms with Gasteiger partial charge in [0.2, 0.25) is 5.91 Å². The van der Waals surface area contributed by atoms with Crippen molar-refractivity contribution in [3.63, 3.8) is 0 Å². The predicted octanol–water partition coefficient (Wildman–Crippen LogP) is 1.36. The molecule has 2 atom stereocenters. The molecule has 102 valence electrons. The maximum atomic E-state index is 12.6. The Hall–Kier alpha value is -1.55. The molecular formula is C15H20N2O2. The highest BCUT2D eigenvalue weighted by atomic mass is 16.5. The van der Waals surface area contributed by atoms with E-state index in [1.54, 1.807) is 0 Å². The van der Waals surface area contributed by atoms with Crippen LogP contribution in [0.1, 0.15) is 24.3 Å². The van der Waals surface area contributed by atoms with Crippen molar-refractivity contribution in [2.75, 3.05) is 26.2 Å². The van der Waals surface area contributed by atoms with Crippen LogP contribution in [0, 0.1) is 5.92 Å². The van der Waals surface area contributed by atoms with E-state index in [0.717, 1.165) is 37.2 Å². The van der Waals surface area contributed by atoms with Crippen molar-refractivity contribution in [1.82, 2.24) is 4.90 Å². The quantitative estimate of drug-likeness (QED) is 0.873. The highest BCUT2D eigenvalue weighted by molar-refractivity contribution is 5.85. The number of ether oxygens (including phenoxy) is 1. The van der Waals surface area contributed by atoms with E-state index in [2.05, 4.69) is 0 Å². The summed E-state index contributed by atoms with van der Waals surface area (Å²) in [5.74, 6) is 1.37. The first-order valence-corrected chi connectivity index (χ1v) is 7.00. The van der Waals surface area contributed by atoms with Crippen LogP contribution in [0.3, 0.4) is 0 Å². The molecule has 0 aliphatic carbocycles. The first-order chi connectivity index (χ1) is 9.29. The first kappa shape index (κ1) is 12.5. The Labute approximate surface area is 113 Å². The van der Waals surface area contributed by atoms with Gasteiger partial charge in [-0.25, -0.2) is 0 Å².